The van der Waals surface area contributed by atoms with Crippen LogP contribution >= 0.6 is 0 Å². The summed E-state index contributed by atoms with van der Waals surface area (Å²) in [5.41, 5.74) is 7.29. The van der Waals surface area contributed by atoms with Crippen LogP contribution in [-0.4, -0.2) is 9.55 Å². The zero-order chi connectivity index (χ0) is 14.7. The van der Waals surface area contributed by atoms with Crippen molar-refractivity contribution < 1.29 is 4.39 Å². The summed E-state index contributed by atoms with van der Waals surface area (Å²) in [6.45, 7) is 6.24. The molecule has 0 aliphatic heterocycles. The zero-order valence-electron chi connectivity index (χ0n) is 11.2. The van der Waals surface area contributed by atoms with Crippen LogP contribution in [0.15, 0.2) is 30.9 Å². The summed E-state index contributed by atoms with van der Waals surface area (Å²) in [5.74, 6) is 0.786. The Morgan fingerprint density at radius 3 is 2.90 bits per heavy atom. The number of aromatic nitrogens is 2. The molecule has 2 N–H and O–H groups in total. The molecule has 0 aliphatic carbocycles. The van der Waals surface area contributed by atoms with Gasteiger partial charge in [0.1, 0.15) is 29.2 Å². The second-order valence-electron chi connectivity index (χ2n) is 4.32. The van der Waals surface area contributed by atoms with Crippen LogP contribution in [0.5, 0.6) is 0 Å². The van der Waals surface area contributed by atoms with Crippen LogP contribution in [0.1, 0.15) is 18.3 Å². The Balaban J connectivity index is 2.59. The van der Waals surface area contributed by atoms with E-state index in [1.165, 1.54) is 12.1 Å². The van der Waals surface area contributed by atoms with Gasteiger partial charge in [-0.25, -0.2) is 9.37 Å². The van der Waals surface area contributed by atoms with E-state index in [9.17, 15) is 4.39 Å². The molecule has 1 aromatic carbocycles. The second-order valence-corrected chi connectivity index (χ2v) is 4.32. The molecule has 0 aliphatic rings. The third kappa shape index (κ3) is 2.28. The molecule has 0 saturated heterocycles. The highest BCUT2D eigenvalue weighted by atomic mass is 19.1. The van der Waals surface area contributed by atoms with Gasteiger partial charge in [0.15, 0.2) is 0 Å². The van der Waals surface area contributed by atoms with Gasteiger partial charge in [0.25, 0.3) is 0 Å². The standard InChI is InChI=1S/C15H15FN4/c1-3-7-20-13(4-2)19-14(15(20)18)10-5-6-12(16)11(8-10)9-17/h3,5-6,8H,1,4,7,18H2,2H3. The van der Waals surface area contributed by atoms with E-state index in [0.29, 0.717) is 23.6 Å². The molecule has 0 bridgehead atoms. The molecule has 0 fully saturated rings. The van der Waals surface area contributed by atoms with Gasteiger partial charge < -0.3 is 10.3 Å². The van der Waals surface area contributed by atoms with Crippen molar-refractivity contribution in [1.82, 2.24) is 9.55 Å². The zero-order valence-corrected chi connectivity index (χ0v) is 11.2. The van der Waals surface area contributed by atoms with Crippen LogP contribution < -0.4 is 5.73 Å². The summed E-state index contributed by atoms with van der Waals surface area (Å²) in [6, 6.07) is 6.11. The quantitative estimate of drug-likeness (QED) is 0.868. The minimum atomic E-state index is -0.545. The van der Waals surface area contributed by atoms with E-state index in [4.69, 9.17) is 11.0 Å². The van der Waals surface area contributed by atoms with E-state index < -0.39 is 5.82 Å². The summed E-state index contributed by atoms with van der Waals surface area (Å²) in [4.78, 5) is 4.48. The number of hydrogen-bond acceptors (Lipinski definition) is 3. The molecule has 0 spiro atoms. The van der Waals surface area contributed by atoms with Crippen LogP contribution in [0.25, 0.3) is 11.3 Å². The van der Waals surface area contributed by atoms with Crippen LogP contribution in [0.3, 0.4) is 0 Å². The van der Waals surface area contributed by atoms with Gasteiger partial charge in [-0.3, -0.25) is 0 Å². The first-order chi connectivity index (χ1) is 9.62. The van der Waals surface area contributed by atoms with E-state index in [0.717, 1.165) is 12.2 Å². The first-order valence-electron chi connectivity index (χ1n) is 6.28. The fourth-order valence-corrected chi connectivity index (χ4v) is 2.09. The van der Waals surface area contributed by atoms with Crippen molar-refractivity contribution in [3.8, 4) is 17.3 Å². The van der Waals surface area contributed by atoms with Crippen molar-refractivity contribution in [2.24, 2.45) is 0 Å². The smallest absolute Gasteiger partial charge is 0.140 e. The van der Waals surface area contributed by atoms with E-state index >= 15 is 0 Å². The first-order valence-corrected chi connectivity index (χ1v) is 6.28. The highest BCUT2D eigenvalue weighted by Crippen LogP contribution is 2.28. The SMILES string of the molecule is C=CCn1c(CC)nc(-c2ccc(F)c(C#N)c2)c1N. The second kappa shape index (κ2) is 5.57. The van der Waals surface area contributed by atoms with E-state index in [-0.39, 0.29) is 5.56 Å². The van der Waals surface area contributed by atoms with Crippen LogP contribution in [0, 0.1) is 17.1 Å². The Bertz CT molecular complexity index is 695. The number of nitrogens with two attached hydrogens (primary N) is 1. The third-order valence-corrected chi connectivity index (χ3v) is 3.07. The van der Waals surface area contributed by atoms with Crippen molar-refractivity contribution in [3.05, 3.63) is 48.1 Å². The highest BCUT2D eigenvalue weighted by molar-refractivity contribution is 5.72. The lowest BCUT2D eigenvalue weighted by Gasteiger charge is -2.05. The lowest BCUT2D eigenvalue weighted by molar-refractivity contribution is 0.624. The lowest BCUT2D eigenvalue weighted by Crippen LogP contribution is -2.05. The molecule has 1 heterocycles. The summed E-state index contributed by atoms with van der Waals surface area (Å²) < 4.78 is 15.2. The van der Waals surface area contributed by atoms with Crippen molar-refractivity contribution in [2.75, 3.05) is 5.73 Å². The van der Waals surface area contributed by atoms with Gasteiger partial charge in [0.05, 0.1) is 5.56 Å². The van der Waals surface area contributed by atoms with Crippen LogP contribution in [0.2, 0.25) is 0 Å². The van der Waals surface area contributed by atoms with Gasteiger partial charge in [-0.1, -0.05) is 13.0 Å². The van der Waals surface area contributed by atoms with Gasteiger partial charge >= 0.3 is 0 Å². The Morgan fingerprint density at radius 2 is 2.30 bits per heavy atom. The van der Waals surface area contributed by atoms with Crippen molar-refractivity contribution in [2.45, 2.75) is 19.9 Å². The topological polar surface area (TPSA) is 67.6 Å². The van der Waals surface area contributed by atoms with Gasteiger partial charge in [-0.05, 0) is 18.2 Å². The summed E-state index contributed by atoms with van der Waals surface area (Å²) in [5, 5.41) is 8.89. The Kier molecular flexibility index (Phi) is 3.85. The minimum absolute atomic E-state index is 0.0155. The third-order valence-electron chi connectivity index (χ3n) is 3.07. The number of halogens is 1. The van der Waals surface area contributed by atoms with E-state index in [2.05, 4.69) is 11.6 Å². The average molecular weight is 270 g/mol. The average Bonchev–Trinajstić information content (AvgIpc) is 2.77. The lowest BCUT2D eigenvalue weighted by atomic mass is 10.1. The Hall–Kier alpha value is -2.61. The summed E-state index contributed by atoms with van der Waals surface area (Å²) in [6.07, 6.45) is 2.47. The van der Waals surface area contributed by atoms with E-state index in [1.54, 1.807) is 12.1 Å². The number of nitrogens with zero attached hydrogens (tertiary/aromatic N) is 3. The molecule has 102 valence electrons. The molecule has 0 saturated carbocycles. The predicted octanol–water partition coefficient (Wildman–Crippen LogP) is 2.89. The number of benzene rings is 1. The van der Waals surface area contributed by atoms with Crippen molar-refractivity contribution in [1.29, 1.82) is 5.26 Å². The fraction of sp³-hybridized carbons (Fsp3) is 0.200. The number of allylic oxidation sites excluding steroid dienone is 1. The monoisotopic (exact) mass is 270 g/mol. The molecule has 2 rings (SSSR count). The highest BCUT2D eigenvalue weighted by Gasteiger charge is 2.15. The Morgan fingerprint density at radius 1 is 1.55 bits per heavy atom. The summed E-state index contributed by atoms with van der Waals surface area (Å²) >= 11 is 0. The molecule has 0 atom stereocenters. The first kappa shape index (κ1) is 13.8. The number of aryl methyl sites for hydroxylation is 1. The maximum Gasteiger partial charge on any atom is 0.140 e. The number of imidazole rings is 1. The Labute approximate surface area is 117 Å². The number of hydrogen-bond donors (Lipinski definition) is 1. The molecule has 0 radical (unpaired) electrons. The van der Waals surface area contributed by atoms with Gasteiger partial charge in [-0.15, -0.1) is 6.58 Å². The van der Waals surface area contributed by atoms with Crippen LogP contribution in [-0.2, 0) is 13.0 Å². The van der Waals surface area contributed by atoms with Gasteiger partial charge in [-0.2, -0.15) is 5.26 Å². The molecule has 0 unspecified atom stereocenters. The molecular weight excluding hydrogens is 255 g/mol. The predicted molar refractivity (Wildman–Crippen MR) is 76.3 cm³/mol. The summed E-state index contributed by atoms with van der Waals surface area (Å²) in [7, 11) is 0. The number of anilines is 1. The number of nitrogen functional groups attached to an aromatic ring is 1. The molecule has 0 amide bonds. The molecule has 2 aromatic rings. The fourth-order valence-electron chi connectivity index (χ4n) is 2.09. The van der Waals surface area contributed by atoms with Gasteiger partial charge in [0.2, 0.25) is 0 Å². The van der Waals surface area contributed by atoms with Crippen molar-refractivity contribution in [3.63, 3.8) is 0 Å². The molecule has 5 heteroatoms. The van der Waals surface area contributed by atoms with Crippen LogP contribution in [0.4, 0.5) is 10.2 Å². The van der Waals surface area contributed by atoms with Gasteiger partial charge in [0, 0.05) is 18.5 Å². The molecule has 1 aromatic heterocycles. The molecule has 4 nitrogen and oxygen atoms in total. The maximum atomic E-state index is 13.4. The van der Waals surface area contributed by atoms with E-state index in [1.807, 2.05) is 17.6 Å². The maximum absolute atomic E-state index is 13.4. The number of rotatable bonds is 4. The molecular formula is C15H15FN4. The number of nitriles is 1. The largest absolute Gasteiger partial charge is 0.383 e. The normalized spacial score (nSPS) is 10.2. The minimum Gasteiger partial charge on any atom is -0.383 e. The van der Waals surface area contributed by atoms with Crippen molar-refractivity contribution >= 4 is 5.82 Å². The molecule has 20 heavy (non-hydrogen) atoms.